The van der Waals surface area contributed by atoms with Crippen LogP contribution in [0.5, 0.6) is 5.75 Å². The molecule has 0 unspecified atom stereocenters. The molecule has 1 aromatic rings. The second-order valence-corrected chi connectivity index (χ2v) is 4.93. The Morgan fingerprint density at radius 1 is 1.32 bits per heavy atom. The quantitative estimate of drug-likeness (QED) is 0.849. The van der Waals surface area contributed by atoms with Crippen LogP contribution in [-0.2, 0) is 4.79 Å². The van der Waals surface area contributed by atoms with E-state index in [1.807, 2.05) is 0 Å². The second-order valence-electron chi connectivity index (χ2n) is 4.93. The summed E-state index contributed by atoms with van der Waals surface area (Å²) in [7, 11) is 0.998. The van der Waals surface area contributed by atoms with E-state index < -0.39 is 46.2 Å². The van der Waals surface area contributed by atoms with Crippen molar-refractivity contribution < 1.29 is 32.9 Å². The molecule has 0 bridgehead atoms. The van der Waals surface area contributed by atoms with Crippen molar-refractivity contribution in [3.8, 4) is 5.75 Å². The van der Waals surface area contributed by atoms with Gasteiger partial charge in [0.2, 0.25) is 5.82 Å². The molecule has 0 radical (unpaired) electrons. The monoisotopic (exact) mass is 322 g/mol. The van der Waals surface area contributed by atoms with Crippen LogP contribution in [0, 0.1) is 11.6 Å². The molecular formula is C14H12F5NO2. The van der Waals surface area contributed by atoms with Crippen molar-refractivity contribution in [2.24, 2.45) is 0 Å². The van der Waals surface area contributed by atoms with Crippen molar-refractivity contribution in [1.82, 2.24) is 5.31 Å². The summed E-state index contributed by atoms with van der Waals surface area (Å²) in [6.07, 6.45) is -4.91. The van der Waals surface area contributed by atoms with E-state index in [-0.39, 0.29) is 10.9 Å². The Bertz CT molecular complexity index is 716. The molecule has 1 aliphatic heterocycles. The number of halogens is 5. The molecule has 2 rings (SSSR count). The number of ether oxygens (including phenoxy) is 1. The Labute approximate surface area is 124 Å². The Morgan fingerprint density at radius 3 is 2.36 bits per heavy atom. The van der Waals surface area contributed by atoms with Crippen molar-refractivity contribution in [2.75, 3.05) is 7.11 Å². The Hall–Kier alpha value is -2.12. The first-order valence-electron chi connectivity index (χ1n) is 6.57. The van der Waals surface area contributed by atoms with Gasteiger partial charge in [0.05, 0.1) is 12.7 Å². The van der Waals surface area contributed by atoms with Crippen molar-refractivity contribution in [2.45, 2.75) is 25.6 Å². The van der Waals surface area contributed by atoms with Gasteiger partial charge < -0.3 is 10.0 Å². The van der Waals surface area contributed by atoms with Crippen LogP contribution in [-0.4, -0.2) is 24.7 Å². The molecule has 1 aliphatic rings. The number of carbonyl (C=O) groups is 1. The van der Waals surface area contributed by atoms with Gasteiger partial charge in [-0.1, -0.05) is 0 Å². The van der Waals surface area contributed by atoms with Crippen LogP contribution in [0.15, 0.2) is 17.7 Å². The maximum atomic E-state index is 13.8. The van der Waals surface area contributed by atoms with Crippen molar-refractivity contribution in [1.29, 1.82) is 0 Å². The molecule has 1 amide bonds. The lowest BCUT2D eigenvalue weighted by Gasteiger charge is -2.29. The van der Waals surface area contributed by atoms with E-state index in [9.17, 15) is 26.7 Å². The Balaban J connectivity index is 2.78. The molecule has 22 heavy (non-hydrogen) atoms. The van der Waals surface area contributed by atoms with E-state index >= 15 is 0 Å². The Kier molecular flexibility index (Phi) is 3.34. The van der Waals surface area contributed by atoms with Gasteiger partial charge in [-0.25, -0.2) is 4.39 Å². The number of alkyl halides is 3. The SMILES string of the molecule is [2H]N1C(=O)C(c2ccc(F)c(F)c2OC)=C(C)[C@]1(C)C(F)(F)F. The van der Waals surface area contributed by atoms with Gasteiger partial charge in [-0.3, -0.25) is 4.79 Å². The summed E-state index contributed by atoms with van der Waals surface area (Å²) in [5.74, 6) is -4.65. The summed E-state index contributed by atoms with van der Waals surface area (Å²) >= 11 is 0. The highest BCUT2D eigenvalue weighted by molar-refractivity contribution is 6.24. The molecule has 0 aliphatic carbocycles. The van der Waals surface area contributed by atoms with Gasteiger partial charge in [-0.15, -0.1) is 0 Å². The van der Waals surface area contributed by atoms with Crippen LogP contribution in [0.2, 0.25) is 1.41 Å². The molecule has 0 fully saturated rings. The molecule has 1 heterocycles. The van der Waals surface area contributed by atoms with E-state index in [0.717, 1.165) is 20.1 Å². The summed E-state index contributed by atoms with van der Waals surface area (Å²) < 4.78 is 79.2. The highest BCUT2D eigenvalue weighted by Crippen LogP contribution is 2.45. The predicted octanol–water partition coefficient (Wildman–Crippen LogP) is 3.20. The van der Waals surface area contributed by atoms with Crippen molar-refractivity contribution >= 4 is 11.5 Å². The summed E-state index contributed by atoms with van der Waals surface area (Å²) in [4.78, 5) is 12.2. The molecule has 0 saturated carbocycles. The number of carbonyl (C=O) groups excluding carboxylic acids is 1. The molecule has 0 aromatic heterocycles. The van der Waals surface area contributed by atoms with Crippen LogP contribution < -0.4 is 10.0 Å². The van der Waals surface area contributed by atoms with Crippen LogP contribution in [0.25, 0.3) is 5.57 Å². The predicted molar refractivity (Wildman–Crippen MR) is 68.1 cm³/mol. The first-order chi connectivity index (χ1) is 10.5. The van der Waals surface area contributed by atoms with Crippen LogP contribution in [0.1, 0.15) is 19.4 Å². The highest BCUT2D eigenvalue weighted by atomic mass is 19.4. The first kappa shape index (κ1) is 14.8. The lowest BCUT2D eigenvalue weighted by molar-refractivity contribution is -0.179. The molecule has 3 nitrogen and oxygen atoms in total. The summed E-state index contributed by atoms with van der Waals surface area (Å²) in [6.45, 7) is 1.70. The van der Waals surface area contributed by atoms with E-state index in [1.165, 1.54) is 0 Å². The van der Waals surface area contributed by atoms with E-state index in [0.29, 0.717) is 13.0 Å². The van der Waals surface area contributed by atoms with Gasteiger partial charge in [0.1, 0.15) is 0 Å². The molecule has 8 heteroatoms. The zero-order chi connectivity index (χ0) is 17.7. The van der Waals surface area contributed by atoms with Gasteiger partial charge in [-0.2, -0.15) is 17.6 Å². The topological polar surface area (TPSA) is 38.3 Å². The third-order valence-corrected chi connectivity index (χ3v) is 3.72. The molecule has 0 saturated heterocycles. The van der Waals surface area contributed by atoms with Crippen molar-refractivity contribution in [3.63, 3.8) is 0 Å². The number of rotatable bonds is 2. The number of amides is 1. The van der Waals surface area contributed by atoms with Gasteiger partial charge in [0.15, 0.2) is 18.5 Å². The van der Waals surface area contributed by atoms with Gasteiger partial charge >= 0.3 is 6.18 Å². The maximum Gasteiger partial charge on any atom is 0.415 e. The largest absolute Gasteiger partial charge is 0.493 e. The number of hydrogen-bond acceptors (Lipinski definition) is 2. The fourth-order valence-electron chi connectivity index (χ4n) is 2.27. The zero-order valence-corrected chi connectivity index (χ0v) is 11.8. The maximum absolute atomic E-state index is 13.8. The minimum Gasteiger partial charge on any atom is -0.493 e. The smallest absolute Gasteiger partial charge is 0.415 e. The van der Waals surface area contributed by atoms with Crippen LogP contribution in [0.4, 0.5) is 22.0 Å². The van der Waals surface area contributed by atoms with Crippen molar-refractivity contribution in [3.05, 3.63) is 34.9 Å². The molecule has 1 N–H and O–H groups in total. The minimum atomic E-state index is -4.91. The van der Waals surface area contributed by atoms with E-state index in [2.05, 4.69) is 0 Å². The summed E-state index contributed by atoms with van der Waals surface area (Å²) in [5, 5.41) is -0.210. The number of benzene rings is 1. The van der Waals surface area contributed by atoms with Crippen LogP contribution in [0.3, 0.4) is 0 Å². The summed E-state index contributed by atoms with van der Waals surface area (Å²) in [5.41, 5.74) is -4.22. The first-order valence-corrected chi connectivity index (χ1v) is 6.12. The number of methoxy groups -OCH3 is 1. The van der Waals surface area contributed by atoms with E-state index in [4.69, 9.17) is 6.15 Å². The van der Waals surface area contributed by atoms with Gasteiger partial charge in [-0.05, 0) is 31.6 Å². The Morgan fingerprint density at radius 2 is 1.91 bits per heavy atom. The van der Waals surface area contributed by atoms with Crippen LogP contribution >= 0.6 is 0 Å². The standard InChI is InChI=1S/C14H12F5NO2/c1-6-9(12(21)20-13(6,2)14(17,18)19)7-4-5-8(15)10(16)11(7)22-3/h4-5H,1-3H3,(H,20,21)/t13-/m1/s1/i/hD. The highest BCUT2D eigenvalue weighted by Gasteiger charge is 2.58. The lowest BCUT2D eigenvalue weighted by atomic mass is 9.90. The molecule has 0 spiro atoms. The zero-order valence-electron chi connectivity index (χ0n) is 12.8. The normalized spacial score (nSPS) is 23.2. The second kappa shape index (κ2) is 4.96. The third-order valence-electron chi connectivity index (χ3n) is 3.72. The fourth-order valence-corrected chi connectivity index (χ4v) is 2.27. The van der Waals surface area contributed by atoms with Gasteiger partial charge in [0, 0.05) is 5.56 Å². The average Bonchev–Trinajstić information content (AvgIpc) is 2.64. The number of hydrogen-bond donors (Lipinski definition) is 1. The molecule has 120 valence electrons. The van der Waals surface area contributed by atoms with Gasteiger partial charge in [0.25, 0.3) is 5.91 Å². The fraction of sp³-hybridized carbons (Fsp3) is 0.357. The third kappa shape index (κ3) is 2.13. The average molecular weight is 322 g/mol. The lowest BCUT2D eigenvalue weighted by Crippen LogP contribution is -2.53. The molecule has 1 atom stereocenters. The van der Waals surface area contributed by atoms with E-state index in [1.54, 1.807) is 0 Å². The molecule has 1 aromatic carbocycles. The number of nitrogens with one attached hydrogen (secondary N) is 1. The summed E-state index contributed by atoms with van der Waals surface area (Å²) in [6, 6.07) is 1.63. The molecular weight excluding hydrogens is 309 g/mol. The minimum absolute atomic E-state index is 0.210.